The van der Waals surface area contributed by atoms with Crippen molar-refractivity contribution in [1.82, 2.24) is 5.32 Å². The first-order chi connectivity index (χ1) is 12.9. The summed E-state index contributed by atoms with van der Waals surface area (Å²) >= 11 is 0. The van der Waals surface area contributed by atoms with Gasteiger partial charge in [-0.05, 0) is 17.7 Å². The molecule has 27 heavy (non-hydrogen) atoms. The van der Waals surface area contributed by atoms with Crippen LogP contribution in [0, 0.1) is 0 Å². The van der Waals surface area contributed by atoms with E-state index in [1.54, 1.807) is 48.5 Å². The Kier molecular flexibility index (Phi) is 6.84. The Morgan fingerprint density at radius 2 is 1.63 bits per heavy atom. The van der Waals surface area contributed by atoms with Crippen molar-refractivity contribution in [3.8, 4) is 0 Å². The predicted molar refractivity (Wildman–Crippen MR) is 95.2 cm³/mol. The first-order valence-corrected chi connectivity index (χ1v) is 8.14. The number of nitrogens with one attached hydrogen (secondary N) is 2. The van der Waals surface area contributed by atoms with Gasteiger partial charge in [-0.25, -0.2) is 4.79 Å². The molecule has 0 aliphatic carbocycles. The number of hydrogen-bond acceptors (Lipinski definition) is 5. The molecule has 0 saturated carbocycles. The van der Waals surface area contributed by atoms with Gasteiger partial charge >= 0.3 is 11.9 Å². The number of hydrogen-bond donors (Lipinski definition) is 3. The first kappa shape index (κ1) is 20.3. The van der Waals surface area contributed by atoms with Crippen molar-refractivity contribution in [2.75, 3.05) is 19.0 Å². The smallest absolute Gasteiger partial charge is 0.348 e. The van der Waals surface area contributed by atoms with E-state index in [0.717, 1.165) is 7.11 Å². The zero-order valence-electron chi connectivity index (χ0n) is 14.6. The Labute approximate surface area is 155 Å². The number of rotatable bonds is 8. The van der Waals surface area contributed by atoms with E-state index in [4.69, 9.17) is 5.11 Å². The Morgan fingerprint density at radius 1 is 1.07 bits per heavy atom. The summed E-state index contributed by atoms with van der Waals surface area (Å²) in [6.07, 6.45) is 0. The van der Waals surface area contributed by atoms with Gasteiger partial charge in [0.1, 0.15) is 6.04 Å². The Morgan fingerprint density at radius 3 is 2.15 bits per heavy atom. The molecular formula is C19H20F2N2O4. The normalized spacial score (nSPS) is 13.3. The lowest BCUT2D eigenvalue weighted by molar-refractivity contribution is -0.155. The summed E-state index contributed by atoms with van der Waals surface area (Å²) in [6.45, 7) is -0.864. The third-order valence-corrected chi connectivity index (χ3v) is 3.86. The maximum Gasteiger partial charge on any atom is 0.348 e. The van der Waals surface area contributed by atoms with Gasteiger partial charge < -0.3 is 20.5 Å². The third-order valence-electron chi connectivity index (χ3n) is 3.86. The number of aliphatic hydroxyl groups is 1. The van der Waals surface area contributed by atoms with E-state index in [9.17, 15) is 9.59 Å². The molecule has 8 heteroatoms. The number of anilines is 1. The van der Waals surface area contributed by atoms with Gasteiger partial charge in [-0.2, -0.15) is 8.78 Å². The molecule has 2 atom stereocenters. The summed E-state index contributed by atoms with van der Waals surface area (Å²) in [4.78, 5) is 23.7. The number of esters is 1. The van der Waals surface area contributed by atoms with Gasteiger partial charge in [0.15, 0.2) is 6.04 Å². The number of carbonyl (C=O) groups is 2. The summed E-state index contributed by atoms with van der Waals surface area (Å²) in [7, 11) is 1.03. The van der Waals surface area contributed by atoms with Gasteiger partial charge in [-0.15, -0.1) is 0 Å². The molecule has 2 aromatic carbocycles. The van der Waals surface area contributed by atoms with Crippen LogP contribution in [0.5, 0.6) is 0 Å². The van der Waals surface area contributed by atoms with Crippen molar-refractivity contribution in [1.29, 1.82) is 0 Å². The second kappa shape index (κ2) is 9.09. The summed E-state index contributed by atoms with van der Waals surface area (Å²) in [5.74, 6) is -6.66. The van der Waals surface area contributed by atoms with Crippen molar-refractivity contribution in [2.24, 2.45) is 0 Å². The molecule has 1 amide bonds. The summed E-state index contributed by atoms with van der Waals surface area (Å²) in [6, 6.07) is 12.7. The van der Waals surface area contributed by atoms with Gasteiger partial charge in [0.2, 0.25) is 0 Å². The van der Waals surface area contributed by atoms with E-state index < -0.39 is 36.5 Å². The van der Waals surface area contributed by atoms with Crippen LogP contribution in [-0.4, -0.2) is 42.7 Å². The van der Waals surface area contributed by atoms with Crippen LogP contribution in [0.2, 0.25) is 0 Å². The minimum atomic E-state index is -3.93. The fourth-order valence-corrected chi connectivity index (χ4v) is 2.44. The van der Waals surface area contributed by atoms with Crippen LogP contribution < -0.4 is 10.6 Å². The largest absolute Gasteiger partial charge is 0.467 e. The zero-order valence-corrected chi connectivity index (χ0v) is 14.6. The maximum atomic E-state index is 15.0. The van der Waals surface area contributed by atoms with E-state index >= 15 is 8.78 Å². The number of ether oxygens (including phenoxy) is 1. The summed E-state index contributed by atoms with van der Waals surface area (Å²) in [5.41, 5.74) is 0.575. The number of para-hydroxylation sites is 1. The average molecular weight is 378 g/mol. The lowest BCUT2D eigenvalue weighted by Gasteiger charge is -2.29. The summed E-state index contributed by atoms with van der Waals surface area (Å²) < 4.78 is 34.4. The summed E-state index contributed by atoms with van der Waals surface area (Å²) in [5, 5.41) is 13.7. The lowest BCUT2D eigenvalue weighted by Crippen LogP contribution is -2.53. The number of carbonyl (C=O) groups excluding carboxylic acids is 2. The molecule has 2 rings (SSSR count). The van der Waals surface area contributed by atoms with E-state index in [-0.39, 0.29) is 5.56 Å². The predicted octanol–water partition coefficient (Wildman–Crippen LogP) is 2.13. The minimum Gasteiger partial charge on any atom is -0.467 e. The second-order valence-electron chi connectivity index (χ2n) is 5.71. The SMILES string of the molecule is COC(=O)[C@H](CO)NC(=O)C(F)(F)C(Nc1ccccc1)c1ccccc1. The van der Waals surface area contributed by atoms with Crippen molar-refractivity contribution < 1.29 is 28.2 Å². The molecule has 0 heterocycles. The van der Waals surface area contributed by atoms with Gasteiger partial charge in [-0.1, -0.05) is 48.5 Å². The molecule has 0 radical (unpaired) electrons. The van der Waals surface area contributed by atoms with Crippen molar-refractivity contribution in [3.63, 3.8) is 0 Å². The van der Waals surface area contributed by atoms with E-state index in [1.807, 2.05) is 5.32 Å². The molecule has 0 aromatic heterocycles. The molecule has 144 valence electrons. The molecule has 0 aliphatic rings. The topological polar surface area (TPSA) is 87.7 Å². The lowest BCUT2D eigenvalue weighted by atomic mass is 9.99. The fraction of sp³-hybridized carbons (Fsp3) is 0.263. The molecule has 0 saturated heterocycles. The van der Waals surface area contributed by atoms with E-state index in [1.165, 1.54) is 12.1 Å². The standard InChI is InChI=1S/C19H20F2N2O4/c1-27-17(25)15(12-24)23-18(26)19(20,21)16(13-8-4-2-5-9-13)22-14-10-6-3-7-11-14/h2-11,15-16,22,24H,12H2,1H3,(H,23,26)/t15-,16?/m0/s1. The van der Waals surface area contributed by atoms with Crippen LogP contribution in [-0.2, 0) is 14.3 Å². The van der Waals surface area contributed by atoms with E-state index in [0.29, 0.717) is 5.69 Å². The number of halogens is 2. The second-order valence-corrected chi connectivity index (χ2v) is 5.71. The highest BCUT2D eigenvalue weighted by atomic mass is 19.3. The van der Waals surface area contributed by atoms with Crippen molar-refractivity contribution in [2.45, 2.75) is 18.0 Å². The highest BCUT2D eigenvalue weighted by Gasteiger charge is 2.49. The van der Waals surface area contributed by atoms with Crippen LogP contribution >= 0.6 is 0 Å². The van der Waals surface area contributed by atoms with E-state index in [2.05, 4.69) is 10.1 Å². The van der Waals surface area contributed by atoms with Gasteiger partial charge in [0.25, 0.3) is 5.91 Å². The maximum absolute atomic E-state index is 15.0. The molecule has 0 spiro atoms. The van der Waals surface area contributed by atoms with Crippen molar-refractivity contribution >= 4 is 17.6 Å². The first-order valence-electron chi connectivity index (χ1n) is 8.14. The quantitative estimate of drug-likeness (QED) is 0.613. The number of amides is 1. The van der Waals surface area contributed by atoms with Crippen molar-refractivity contribution in [3.05, 3.63) is 66.2 Å². The Hall–Kier alpha value is -3.00. The molecule has 0 aliphatic heterocycles. The molecule has 1 unspecified atom stereocenters. The van der Waals surface area contributed by atoms with Gasteiger partial charge in [0, 0.05) is 5.69 Å². The minimum absolute atomic E-state index is 0.181. The average Bonchev–Trinajstić information content (AvgIpc) is 2.70. The van der Waals surface area contributed by atoms with Gasteiger partial charge in [-0.3, -0.25) is 4.79 Å². The van der Waals surface area contributed by atoms with Crippen LogP contribution in [0.4, 0.5) is 14.5 Å². The molecule has 0 fully saturated rings. The zero-order chi connectivity index (χ0) is 19.9. The molecule has 2 aromatic rings. The molecule has 3 N–H and O–H groups in total. The van der Waals surface area contributed by atoms with Crippen LogP contribution in [0.1, 0.15) is 11.6 Å². The highest BCUT2D eigenvalue weighted by molar-refractivity contribution is 5.89. The number of methoxy groups -OCH3 is 1. The fourth-order valence-electron chi connectivity index (χ4n) is 2.44. The monoisotopic (exact) mass is 378 g/mol. The van der Waals surface area contributed by atoms with Gasteiger partial charge in [0.05, 0.1) is 13.7 Å². The Balaban J connectivity index is 2.31. The third kappa shape index (κ3) is 5.01. The molecular weight excluding hydrogens is 358 g/mol. The molecule has 0 bridgehead atoms. The number of aliphatic hydroxyl groups excluding tert-OH is 1. The number of alkyl halides is 2. The van der Waals surface area contributed by atoms with Crippen LogP contribution in [0.25, 0.3) is 0 Å². The number of benzene rings is 2. The molecule has 6 nitrogen and oxygen atoms in total. The highest BCUT2D eigenvalue weighted by Crippen LogP contribution is 2.35. The van der Waals surface area contributed by atoms with Crippen LogP contribution in [0.15, 0.2) is 60.7 Å². The Bertz CT molecular complexity index is 757. The van der Waals surface area contributed by atoms with Crippen LogP contribution in [0.3, 0.4) is 0 Å².